The second-order valence-corrected chi connectivity index (χ2v) is 5.53. The lowest BCUT2D eigenvalue weighted by Gasteiger charge is -2.08. The molecule has 5 nitrogen and oxygen atoms in total. The summed E-state index contributed by atoms with van der Waals surface area (Å²) in [7, 11) is 1.61. The molecule has 0 saturated carbocycles. The number of nitrogens with one attached hydrogen (secondary N) is 2. The number of carbonyl (C=O) groups excluding carboxylic acids is 2. The molecule has 0 aliphatic carbocycles. The second kappa shape index (κ2) is 9.42. The van der Waals surface area contributed by atoms with Gasteiger partial charge in [-0.2, -0.15) is 0 Å². The molecule has 0 aliphatic rings. The van der Waals surface area contributed by atoms with Gasteiger partial charge in [0.15, 0.2) is 0 Å². The van der Waals surface area contributed by atoms with Gasteiger partial charge in [0.1, 0.15) is 11.6 Å². The molecule has 2 aromatic rings. The van der Waals surface area contributed by atoms with E-state index in [0.29, 0.717) is 18.5 Å². The number of carbonyl (C=O) groups is 2. The van der Waals surface area contributed by atoms with E-state index >= 15 is 0 Å². The van der Waals surface area contributed by atoms with Crippen molar-refractivity contribution in [3.8, 4) is 5.75 Å². The summed E-state index contributed by atoms with van der Waals surface area (Å²) in [6, 6.07) is 13.3. The van der Waals surface area contributed by atoms with Crippen molar-refractivity contribution in [2.45, 2.75) is 12.8 Å². The van der Waals surface area contributed by atoms with Crippen LogP contribution in [-0.4, -0.2) is 32.0 Å². The largest absolute Gasteiger partial charge is 0.497 e. The predicted octanol–water partition coefficient (Wildman–Crippen LogP) is 1.85. The summed E-state index contributed by atoms with van der Waals surface area (Å²) in [6.07, 6.45) is 0.782. The Labute approximate surface area is 146 Å². The summed E-state index contributed by atoms with van der Waals surface area (Å²) in [5, 5.41) is 5.30. The Bertz CT molecular complexity index is 717. The molecule has 0 heterocycles. The lowest BCUT2D eigenvalue weighted by Crippen LogP contribution is -2.38. The highest BCUT2D eigenvalue weighted by Gasteiger charge is 2.07. The Balaban J connectivity index is 1.66. The highest BCUT2D eigenvalue weighted by atomic mass is 19.1. The van der Waals surface area contributed by atoms with Crippen LogP contribution in [0, 0.1) is 5.82 Å². The van der Waals surface area contributed by atoms with E-state index in [1.54, 1.807) is 19.2 Å². The molecule has 0 aliphatic heterocycles. The second-order valence-electron chi connectivity index (χ2n) is 5.53. The fourth-order valence-corrected chi connectivity index (χ4v) is 2.27. The summed E-state index contributed by atoms with van der Waals surface area (Å²) in [5.74, 6) is -0.110. The Hall–Kier alpha value is -2.89. The Morgan fingerprint density at radius 3 is 2.48 bits per heavy atom. The number of hydrogen-bond donors (Lipinski definition) is 2. The minimum Gasteiger partial charge on any atom is -0.497 e. The summed E-state index contributed by atoms with van der Waals surface area (Å²) >= 11 is 0. The van der Waals surface area contributed by atoms with Crippen LogP contribution < -0.4 is 15.4 Å². The van der Waals surface area contributed by atoms with Crippen LogP contribution in [0.4, 0.5) is 4.39 Å². The standard InChI is InChI=1S/C19H21FN2O3/c1-25-17-4-2-3-14(11-17)9-10-21-19(24)13-22-18(23)12-15-5-7-16(20)8-6-15/h2-8,11H,9-10,12-13H2,1H3,(H,21,24)(H,22,23). The smallest absolute Gasteiger partial charge is 0.239 e. The molecule has 0 atom stereocenters. The maximum Gasteiger partial charge on any atom is 0.239 e. The zero-order valence-electron chi connectivity index (χ0n) is 14.0. The highest BCUT2D eigenvalue weighted by molar-refractivity contribution is 5.85. The van der Waals surface area contributed by atoms with Crippen molar-refractivity contribution in [1.29, 1.82) is 0 Å². The average molecular weight is 344 g/mol. The first kappa shape index (κ1) is 18.4. The van der Waals surface area contributed by atoms with Crippen molar-refractivity contribution in [3.63, 3.8) is 0 Å². The van der Waals surface area contributed by atoms with Gasteiger partial charge in [0.25, 0.3) is 0 Å². The summed E-state index contributed by atoms with van der Waals surface area (Å²) in [6.45, 7) is 0.387. The van der Waals surface area contributed by atoms with E-state index in [-0.39, 0.29) is 30.6 Å². The highest BCUT2D eigenvalue weighted by Crippen LogP contribution is 2.12. The third-order valence-electron chi connectivity index (χ3n) is 3.59. The van der Waals surface area contributed by atoms with Gasteiger partial charge in [0.2, 0.25) is 11.8 Å². The van der Waals surface area contributed by atoms with Crippen molar-refractivity contribution in [2.24, 2.45) is 0 Å². The van der Waals surface area contributed by atoms with E-state index in [0.717, 1.165) is 11.3 Å². The number of amides is 2. The van der Waals surface area contributed by atoms with Gasteiger partial charge in [-0.05, 0) is 41.8 Å². The minimum absolute atomic E-state index is 0.0852. The molecule has 6 heteroatoms. The van der Waals surface area contributed by atoms with Gasteiger partial charge in [-0.15, -0.1) is 0 Å². The van der Waals surface area contributed by atoms with Gasteiger partial charge in [-0.1, -0.05) is 24.3 Å². The number of ether oxygens (including phenoxy) is 1. The first-order valence-electron chi connectivity index (χ1n) is 7.97. The normalized spacial score (nSPS) is 10.2. The van der Waals surface area contributed by atoms with Gasteiger partial charge in [0.05, 0.1) is 20.1 Å². The molecule has 2 N–H and O–H groups in total. The van der Waals surface area contributed by atoms with Crippen LogP contribution in [0.5, 0.6) is 5.75 Å². The molecule has 0 spiro atoms. The quantitative estimate of drug-likeness (QED) is 0.768. The van der Waals surface area contributed by atoms with Gasteiger partial charge in [-0.25, -0.2) is 4.39 Å². The van der Waals surface area contributed by atoms with E-state index < -0.39 is 0 Å². The van der Waals surface area contributed by atoms with Crippen molar-refractivity contribution in [3.05, 3.63) is 65.5 Å². The topological polar surface area (TPSA) is 67.4 Å². The van der Waals surface area contributed by atoms with E-state index in [4.69, 9.17) is 4.74 Å². The fraction of sp³-hybridized carbons (Fsp3) is 0.263. The molecular formula is C19H21FN2O3. The molecule has 0 bridgehead atoms. The monoisotopic (exact) mass is 344 g/mol. The fourth-order valence-electron chi connectivity index (χ4n) is 2.27. The summed E-state index contributed by atoms with van der Waals surface area (Å²) in [4.78, 5) is 23.5. The SMILES string of the molecule is COc1cccc(CCNC(=O)CNC(=O)Cc2ccc(F)cc2)c1. The molecule has 0 aromatic heterocycles. The third-order valence-corrected chi connectivity index (χ3v) is 3.59. The van der Waals surface area contributed by atoms with Gasteiger partial charge in [-0.3, -0.25) is 9.59 Å². The molecule has 2 aromatic carbocycles. The molecule has 0 saturated heterocycles. The lowest BCUT2D eigenvalue weighted by atomic mass is 10.1. The van der Waals surface area contributed by atoms with Gasteiger partial charge in [0, 0.05) is 6.54 Å². The van der Waals surface area contributed by atoms with Gasteiger partial charge >= 0.3 is 0 Å². The minimum atomic E-state index is -0.348. The first-order valence-corrected chi connectivity index (χ1v) is 7.97. The van der Waals surface area contributed by atoms with E-state index in [9.17, 15) is 14.0 Å². The molecule has 0 radical (unpaired) electrons. The molecular weight excluding hydrogens is 323 g/mol. The van der Waals surface area contributed by atoms with Crippen LogP contribution in [0.1, 0.15) is 11.1 Å². The van der Waals surface area contributed by atoms with E-state index in [1.165, 1.54) is 12.1 Å². The number of benzene rings is 2. The molecule has 25 heavy (non-hydrogen) atoms. The third kappa shape index (κ3) is 6.63. The van der Waals surface area contributed by atoms with Gasteiger partial charge < -0.3 is 15.4 Å². The maximum absolute atomic E-state index is 12.8. The molecule has 0 fully saturated rings. The number of rotatable bonds is 8. The van der Waals surface area contributed by atoms with Crippen LogP contribution in [0.15, 0.2) is 48.5 Å². The number of methoxy groups -OCH3 is 1. The predicted molar refractivity (Wildman–Crippen MR) is 92.8 cm³/mol. The van der Waals surface area contributed by atoms with Crippen molar-refractivity contribution < 1.29 is 18.7 Å². The van der Waals surface area contributed by atoms with E-state index in [1.807, 2.05) is 24.3 Å². The molecule has 132 valence electrons. The zero-order chi connectivity index (χ0) is 18.1. The lowest BCUT2D eigenvalue weighted by molar-refractivity contribution is -0.125. The number of hydrogen-bond acceptors (Lipinski definition) is 3. The Morgan fingerprint density at radius 2 is 1.76 bits per heavy atom. The van der Waals surface area contributed by atoms with Crippen molar-refractivity contribution >= 4 is 11.8 Å². The van der Waals surface area contributed by atoms with Crippen LogP contribution in [0.25, 0.3) is 0 Å². The maximum atomic E-state index is 12.8. The zero-order valence-corrected chi connectivity index (χ0v) is 14.0. The average Bonchev–Trinajstić information content (AvgIpc) is 2.62. The summed E-state index contributed by atoms with van der Waals surface area (Å²) < 4.78 is 17.9. The Kier molecular flexibility index (Phi) is 6.95. The Morgan fingerprint density at radius 1 is 1.00 bits per heavy atom. The van der Waals surface area contributed by atoms with Crippen molar-refractivity contribution in [1.82, 2.24) is 10.6 Å². The number of halogens is 1. The van der Waals surface area contributed by atoms with Crippen LogP contribution >= 0.6 is 0 Å². The summed E-state index contributed by atoms with van der Waals surface area (Å²) in [5.41, 5.74) is 1.75. The van der Waals surface area contributed by atoms with Crippen molar-refractivity contribution in [2.75, 3.05) is 20.2 Å². The van der Waals surface area contributed by atoms with Crippen LogP contribution in [-0.2, 0) is 22.4 Å². The molecule has 0 unspecified atom stereocenters. The van der Waals surface area contributed by atoms with Crippen LogP contribution in [0.3, 0.4) is 0 Å². The first-order chi connectivity index (χ1) is 12.1. The molecule has 2 rings (SSSR count). The van der Waals surface area contributed by atoms with Crippen LogP contribution in [0.2, 0.25) is 0 Å². The van der Waals surface area contributed by atoms with E-state index in [2.05, 4.69) is 10.6 Å². The molecule has 2 amide bonds.